The second kappa shape index (κ2) is 7.28. The highest BCUT2D eigenvalue weighted by Crippen LogP contribution is 2.75. The van der Waals surface area contributed by atoms with Crippen LogP contribution >= 0.6 is 0 Å². The summed E-state index contributed by atoms with van der Waals surface area (Å²) in [5, 5.41) is 22.0. The minimum Gasteiger partial charge on any atom is -0.390 e. The molecule has 4 heteroatoms. The first-order valence-corrected chi connectivity index (χ1v) is 13.8. The van der Waals surface area contributed by atoms with Crippen molar-refractivity contribution in [1.82, 2.24) is 0 Å². The van der Waals surface area contributed by atoms with Gasteiger partial charge < -0.3 is 15.0 Å². The molecule has 5 aliphatic carbocycles. The molecule has 0 aromatic rings. The fourth-order valence-electron chi connectivity index (χ4n) is 10.7. The molecule has 4 saturated carbocycles. The highest BCUT2D eigenvalue weighted by Gasteiger charge is 2.70. The molecule has 0 saturated heterocycles. The highest BCUT2D eigenvalue weighted by molar-refractivity contribution is 5.85. The van der Waals surface area contributed by atoms with Gasteiger partial charge in [-0.25, -0.2) is 0 Å². The number of aldehydes is 1. The van der Waals surface area contributed by atoms with Gasteiger partial charge in [-0.1, -0.05) is 60.1 Å². The van der Waals surface area contributed by atoms with Gasteiger partial charge in [0, 0.05) is 11.8 Å². The van der Waals surface area contributed by atoms with E-state index in [0.717, 1.165) is 38.4 Å². The monoisotopic (exact) mass is 470 g/mol. The van der Waals surface area contributed by atoms with Gasteiger partial charge in [-0.05, 0) is 84.4 Å². The Morgan fingerprint density at radius 3 is 2.26 bits per heavy atom. The zero-order valence-corrected chi connectivity index (χ0v) is 22.4. The second-order valence-electron chi connectivity index (χ2n) is 14.3. The zero-order chi connectivity index (χ0) is 25.1. The molecule has 190 valence electrons. The van der Waals surface area contributed by atoms with Crippen molar-refractivity contribution in [3.05, 3.63) is 11.6 Å². The number of hydrogen-bond donors (Lipinski definition) is 2. The van der Waals surface area contributed by atoms with E-state index < -0.39 is 17.6 Å². The maximum absolute atomic E-state index is 12.9. The molecular weight excluding hydrogens is 424 g/mol. The van der Waals surface area contributed by atoms with Crippen molar-refractivity contribution in [2.24, 2.45) is 56.7 Å². The van der Waals surface area contributed by atoms with E-state index in [9.17, 15) is 19.8 Å². The van der Waals surface area contributed by atoms with Gasteiger partial charge in [-0.2, -0.15) is 0 Å². The van der Waals surface area contributed by atoms with Gasteiger partial charge in [-0.3, -0.25) is 4.79 Å². The number of fused-ring (bicyclic) bond motifs is 7. The molecule has 4 nitrogen and oxygen atoms in total. The number of allylic oxidation sites excluding steroid dienone is 2. The molecule has 0 radical (unpaired) electrons. The Morgan fingerprint density at radius 2 is 1.62 bits per heavy atom. The van der Waals surface area contributed by atoms with E-state index in [0.29, 0.717) is 30.5 Å². The molecule has 5 rings (SSSR count). The normalized spacial score (nSPS) is 56.3. The Bertz CT molecular complexity index is 936. The van der Waals surface area contributed by atoms with Crippen molar-refractivity contribution in [2.45, 2.75) is 106 Å². The van der Waals surface area contributed by atoms with Gasteiger partial charge in [0.15, 0.2) is 0 Å². The summed E-state index contributed by atoms with van der Waals surface area (Å²) in [5.41, 5.74) is 0.422. The van der Waals surface area contributed by atoms with E-state index in [1.165, 1.54) is 5.57 Å². The largest absolute Gasteiger partial charge is 0.390 e. The van der Waals surface area contributed by atoms with Crippen LogP contribution in [0.25, 0.3) is 0 Å². The second-order valence-corrected chi connectivity index (χ2v) is 14.3. The summed E-state index contributed by atoms with van der Waals surface area (Å²) in [6.45, 7) is 16.0. The van der Waals surface area contributed by atoms with Gasteiger partial charge in [0.2, 0.25) is 0 Å². The van der Waals surface area contributed by atoms with Crippen LogP contribution in [0.3, 0.4) is 0 Å². The average Bonchev–Trinajstić information content (AvgIpc) is 2.79. The van der Waals surface area contributed by atoms with Crippen molar-refractivity contribution < 1.29 is 19.8 Å². The van der Waals surface area contributed by atoms with Crippen molar-refractivity contribution in [2.75, 3.05) is 0 Å². The Kier molecular flexibility index (Phi) is 5.28. The van der Waals surface area contributed by atoms with E-state index in [-0.39, 0.29) is 39.4 Å². The van der Waals surface area contributed by atoms with Gasteiger partial charge in [-0.15, -0.1) is 0 Å². The first-order valence-electron chi connectivity index (χ1n) is 13.8. The highest BCUT2D eigenvalue weighted by atomic mass is 16.3. The summed E-state index contributed by atoms with van der Waals surface area (Å²) >= 11 is 0. The topological polar surface area (TPSA) is 74.6 Å². The van der Waals surface area contributed by atoms with E-state index in [4.69, 9.17) is 0 Å². The molecule has 5 aliphatic rings. The number of carbonyl (C=O) groups is 2. The Balaban J connectivity index is 1.62. The summed E-state index contributed by atoms with van der Waals surface area (Å²) in [4.78, 5) is 25.6. The Hall–Kier alpha value is -1.00. The minimum atomic E-state index is -1.00. The van der Waals surface area contributed by atoms with E-state index >= 15 is 0 Å². The molecular formula is C30H46O4. The van der Waals surface area contributed by atoms with E-state index in [2.05, 4.69) is 47.6 Å². The predicted molar refractivity (Wildman–Crippen MR) is 133 cm³/mol. The third kappa shape index (κ3) is 2.63. The molecule has 2 N–H and O–H groups in total. The Labute approximate surface area is 206 Å². The molecule has 0 heterocycles. The fraction of sp³-hybridized carbons (Fsp3) is 0.867. The van der Waals surface area contributed by atoms with Gasteiger partial charge in [0.1, 0.15) is 12.1 Å². The van der Waals surface area contributed by atoms with E-state index in [1.54, 1.807) is 0 Å². The van der Waals surface area contributed by atoms with Crippen LogP contribution in [-0.4, -0.2) is 34.5 Å². The smallest absolute Gasteiger partial charge is 0.138 e. The zero-order valence-electron chi connectivity index (χ0n) is 22.4. The lowest BCUT2D eigenvalue weighted by Gasteiger charge is -2.71. The SMILES string of the molecule is C[C@H]1[C@H](C)[C@H]2C3=CC[C@@H]4[C@@]5(C)CCC(=O)C(C)(C)C5CC[C@@]4(C)[C@]3(C)CC[C@@]2(C=O)[C@H](O)[C@@H]1O. The first-order chi connectivity index (χ1) is 15.7. The van der Waals surface area contributed by atoms with Gasteiger partial charge in [0.05, 0.1) is 17.6 Å². The molecule has 0 aromatic heterocycles. The fourth-order valence-corrected chi connectivity index (χ4v) is 10.7. The molecule has 4 fully saturated rings. The molecule has 1 unspecified atom stereocenters. The molecule has 0 bridgehead atoms. The van der Waals surface area contributed by atoms with Crippen molar-refractivity contribution in [1.29, 1.82) is 0 Å². The van der Waals surface area contributed by atoms with Crippen LogP contribution in [-0.2, 0) is 9.59 Å². The van der Waals surface area contributed by atoms with E-state index in [1.807, 2.05) is 6.92 Å². The van der Waals surface area contributed by atoms with Gasteiger partial charge in [0.25, 0.3) is 0 Å². The number of aliphatic hydroxyl groups excluding tert-OH is 2. The third-order valence-corrected chi connectivity index (χ3v) is 13.2. The van der Waals surface area contributed by atoms with Crippen LogP contribution in [0.1, 0.15) is 93.4 Å². The van der Waals surface area contributed by atoms with Crippen LogP contribution in [0.4, 0.5) is 0 Å². The lowest BCUT2D eigenvalue weighted by molar-refractivity contribution is -0.205. The summed E-state index contributed by atoms with van der Waals surface area (Å²) in [6.07, 6.45) is 7.96. The standard InChI is InChI=1S/C30H46O4/c1-17-18(2)24(33)25(34)30(16-31)15-14-28(6)19(23(17)30)8-9-21-27(5)12-11-22(32)26(3,4)20(27)10-13-29(21,28)7/h8,16-18,20-21,23-25,33-34H,9-15H2,1-7H3/t17-,18-,20?,21+,23-,24+,25+,27-,28+,29+,30-/m0/s1. The van der Waals surface area contributed by atoms with Gasteiger partial charge >= 0.3 is 0 Å². The van der Waals surface area contributed by atoms with Crippen LogP contribution in [0, 0.1) is 56.7 Å². The summed E-state index contributed by atoms with van der Waals surface area (Å²) in [6, 6.07) is 0. The van der Waals surface area contributed by atoms with Crippen molar-refractivity contribution in [3.63, 3.8) is 0 Å². The van der Waals surface area contributed by atoms with Crippen LogP contribution in [0.15, 0.2) is 11.6 Å². The molecule has 11 atom stereocenters. The lowest BCUT2D eigenvalue weighted by atomic mass is 9.33. The van der Waals surface area contributed by atoms with Crippen molar-refractivity contribution >= 4 is 12.1 Å². The molecule has 34 heavy (non-hydrogen) atoms. The number of Topliss-reactive ketones (excluding diaryl/α,β-unsaturated/α-hetero) is 1. The van der Waals surface area contributed by atoms with Crippen molar-refractivity contribution in [3.8, 4) is 0 Å². The maximum Gasteiger partial charge on any atom is 0.138 e. The van der Waals surface area contributed by atoms with Crippen LogP contribution in [0.5, 0.6) is 0 Å². The first kappa shape index (κ1) is 24.7. The minimum absolute atomic E-state index is 0.0233. The molecule has 0 aromatic carbocycles. The number of ketones is 1. The summed E-state index contributed by atoms with van der Waals surface area (Å²) in [5.74, 6) is 1.41. The molecule has 0 amide bonds. The van der Waals surface area contributed by atoms with Crippen LogP contribution in [0.2, 0.25) is 0 Å². The number of carbonyl (C=O) groups excluding carboxylic acids is 2. The lowest BCUT2D eigenvalue weighted by Crippen LogP contribution is -2.67. The molecule has 0 aliphatic heterocycles. The van der Waals surface area contributed by atoms with Crippen LogP contribution < -0.4 is 0 Å². The number of aliphatic hydroxyl groups is 2. The Morgan fingerprint density at radius 1 is 0.941 bits per heavy atom. The maximum atomic E-state index is 12.9. The number of rotatable bonds is 1. The quantitative estimate of drug-likeness (QED) is 0.400. The number of hydrogen-bond acceptors (Lipinski definition) is 4. The third-order valence-electron chi connectivity index (χ3n) is 13.2. The molecule has 0 spiro atoms. The summed E-state index contributed by atoms with van der Waals surface area (Å²) < 4.78 is 0. The summed E-state index contributed by atoms with van der Waals surface area (Å²) in [7, 11) is 0. The average molecular weight is 471 g/mol. The predicted octanol–water partition coefficient (Wildman–Crippen LogP) is 5.35.